The summed E-state index contributed by atoms with van der Waals surface area (Å²) in [6, 6.07) is 14.3. The summed E-state index contributed by atoms with van der Waals surface area (Å²) in [7, 11) is 1.37. The maximum atomic E-state index is 12.4. The van der Waals surface area contributed by atoms with E-state index in [1.807, 2.05) is 30.3 Å². The molecule has 0 unspecified atom stereocenters. The molecule has 0 aromatic heterocycles. The quantitative estimate of drug-likeness (QED) is 0.837. The summed E-state index contributed by atoms with van der Waals surface area (Å²) in [5, 5.41) is 3.35. The molecule has 1 aliphatic rings. The Kier molecular flexibility index (Phi) is 5.63. The van der Waals surface area contributed by atoms with Crippen molar-refractivity contribution < 1.29 is 14.3 Å². The zero-order valence-corrected chi connectivity index (χ0v) is 15.2. The lowest BCUT2D eigenvalue weighted by Crippen LogP contribution is -2.50. The predicted molar refractivity (Wildman–Crippen MR) is 102 cm³/mol. The normalized spacial score (nSPS) is 14.1. The van der Waals surface area contributed by atoms with Gasteiger partial charge in [0.1, 0.15) is 0 Å². The number of carbonyl (C=O) groups is 2. The molecule has 1 heterocycles. The Morgan fingerprint density at radius 3 is 2.46 bits per heavy atom. The molecule has 1 N–H and O–H groups in total. The predicted octanol–water partition coefficient (Wildman–Crippen LogP) is 3.48. The number of nitrogens with zero attached hydrogens (tertiary/aromatic N) is 2. The molecular weight excluding hydrogens is 354 g/mol. The van der Waals surface area contributed by atoms with Crippen LogP contribution >= 0.6 is 11.6 Å². The largest absolute Gasteiger partial charge is 0.465 e. The molecule has 0 spiro atoms. The second-order valence-corrected chi connectivity index (χ2v) is 6.33. The van der Waals surface area contributed by atoms with E-state index in [0.717, 1.165) is 5.69 Å². The van der Waals surface area contributed by atoms with Gasteiger partial charge in [0.05, 0.1) is 23.4 Å². The van der Waals surface area contributed by atoms with E-state index in [9.17, 15) is 9.59 Å². The number of piperazine rings is 1. The molecule has 0 aliphatic carbocycles. The number of methoxy groups -OCH3 is 1. The van der Waals surface area contributed by atoms with E-state index in [-0.39, 0.29) is 12.0 Å². The van der Waals surface area contributed by atoms with Gasteiger partial charge in [-0.15, -0.1) is 0 Å². The molecule has 2 aromatic rings. The van der Waals surface area contributed by atoms with Crippen molar-refractivity contribution in [2.45, 2.75) is 0 Å². The third-order valence-electron chi connectivity index (χ3n) is 4.31. The molecule has 26 heavy (non-hydrogen) atoms. The Bertz CT molecular complexity index is 804. The van der Waals surface area contributed by atoms with Crippen LogP contribution in [0.3, 0.4) is 0 Å². The number of anilines is 2. The molecule has 0 radical (unpaired) electrons. The van der Waals surface area contributed by atoms with Crippen molar-refractivity contribution in [2.24, 2.45) is 0 Å². The van der Waals surface area contributed by atoms with Gasteiger partial charge in [0.25, 0.3) is 0 Å². The van der Waals surface area contributed by atoms with Crippen molar-refractivity contribution in [2.75, 3.05) is 43.5 Å². The fourth-order valence-corrected chi connectivity index (χ4v) is 3.05. The maximum absolute atomic E-state index is 12.4. The SMILES string of the molecule is COC(=O)c1cccc(N2CCN(C(=O)Nc3ccccc3Cl)CC2)c1. The van der Waals surface area contributed by atoms with Crippen LogP contribution in [0.2, 0.25) is 5.02 Å². The molecule has 1 saturated heterocycles. The number of esters is 1. The number of para-hydroxylation sites is 1. The van der Waals surface area contributed by atoms with Gasteiger partial charge < -0.3 is 19.9 Å². The first-order chi connectivity index (χ1) is 12.6. The van der Waals surface area contributed by atoms with E-state index < -0.39 is 0 Å². The Morgan fingerprint density at radius 1 is 1.04 bits per heavy atom. The van der Waals surface area contributed by atoms with Crippen molar-refractivity contribution in [1.82, 2.24) is 4.90 Å². The van der Waals surface area contributed by atoms with E-state index in [2.05, 4.69) is 10.2 Å². The molecule has 0 atom stereocenters. The number of rotatable bonds is 3. The molecule has 2 amide bonds. The zero-order valence-electron chi connectivity index (χ0n) is 14.4. The lowest BCUT2D eigenvalue weighted by Gasteiger charge is -2.36. The maximum Gasteiger partial charge on any atom is 0.337 e. The van der Waals surface area contributed by atoms with Crippen LogP contribution < -0.4 is 10.2 Å². The average Bonchev–Trinajstić information content (AvgIpc) is 2.69. The van der Waals surface area contributed by atoms with Crippen LogP contribution in [0.5, 0.6) is 0 Å². The molecule has 1 fully saturated rings. The van der Waals surface area contributed by atoms with Crippen LogP contribution in [0.25, 0.3) is 0 Å². The first-order valence-corrected chi connectivity index (χ1v) is 8.70. The number of amides is 2. The third kappa shape index (κ3) is 4.08. The summed E-state index contributed by atoms with van der Waals surface area (Å²) in [6.07, 6.45) is 0. The number of urea groups is 1. The highest BCUT2D eigenvalue weighted by Gasteiger charge is 2.22. The van der Waals surface area contributed by atoms with Gasteiger partial charge in [-0.25, -0.2) is 9.59 Å². The molecule has 6 nitrogen and oxygen atoms in total. The lowest BCUT2D eigenvalue weighted by molar-refractivity contribution is 0.0600. The number of hydrogen-bond donors (Lipinski definition) is 1. The number of nitrogens with one attached hydrogen (secondary N) is 1. The number of carbonyl (C=O) groups excluding carboxylic acids is 2. The Balaban J connectivity index is 1.60. The van der Waals surface area contributed by atoms with Crippen LogP contribution in [0.15, 0.2) is 48.5 Å². The second kappa shape index (κ2) is 8.10. The standard InChI is InChI=1S/C19H20ClN3O3/c1-26-18(24)14-5-4-6-15(13-14)22-9-11-23(12-10-22)19(25)21-17-8-3-2-7-16(17)20/h2-8,13H,9-12H2,1H3,(H,21,25). The first-order valence-electron chi connectivity index (χ1n) is 8.32. The Labute approximate surface area is 157 Å². The summed E-state index contributed by atoms with van der Waals surface area (Å²) in [5.41, 5.74) is 2.07. The topological polar surface area (TPSA) is 61.9 Å². The van der Waals surface area contributed by atoms with Crippen LogP contribution in [0.4, 0.5) is 16.2 Å². The molecule has 0 bridgehead atoms. The van der Waals surface area contributed by atoms with Gasteiger partial charge in [0.15, 0.2) is 0 Å². The number of hydrogen-bond acceptors (Lipinski definition) is 4. The molecule has 1 aliphatic heterocycles. The van der Waals surface area contributed by atoms with Gasteiger partial charge in [0.2, 0.25) is 0 Å². The van der Waals surface area contributed by atoms with Crippen molar-refractivity contribution in [3.05, 3.63) is 59.1 Å². The van der Waals surface area contributed by atoms with Crippen molar-refractivity contribution in [1.29, 1.82) is 0 Å². The summed E-state index contributed by atoms with van der Waals surface area (Å²) < 4.78 is 4.76. The molecule has 0 saturated carbocycles. The zero-order chi connectivity index (χ0) is 18.5. The van der Waals surface area contributed by atoms with E-state index in [1.165, 1.54) is 7.11 Å². The minimum Gasteiger partial charge on any atom is -0.465 e. The van der Waals surface area contributed by atoms with Crippen molar-refractivity contribution in [3.63, 3.8) is 0 Å². The van der Waals surface area contributed by atoms with Crippen LogP contribution in [0.1, 0.15) is 10.4 Å². The van der Waals surface area contributed by atoms with E-state index in [1.54, 1.807) is 23.1 Å². The smallest absolute Gasteiger partial charge is 0.337 e. The fraction of sp³-hybridized carbons (Fsp3) is 0.263. The Hall–Kier alpha value is -2.73. The molecule has 136 valence electrons. The van der Waals surface area contributed by atoms with Crippen molar-refractivity contribution in [3.8, 4) is 0 Å². The Morgan fingerprint density at radius 2 is 1.77 bits per heavy atom. The van der Waals surface area contributed by atoms with Crippen LogP contribution in [-0.4, -0.2) is 50.2 Å². The van der Waals surface area contributed by atoms with Gasteiger partial charge in [-0.05, 0) is 30.3 Å². The summed E-state index contributed by atoms with van der Waals surface area (Å²) >= 11 is 6.08. The summed E-state index contributed by atoms with van der Waals surface area (Å²) in [6.45, 7) is 2.53. The first kappa shape index (κ1) is 18.1. The summed E-state index contributed by atoms with van der Waals surface area (Å²) in [5.74, 6) is -0.357. The highest BCUT2D eigenvalue weighted by molar-refractivity contribution is 6.33. The summed E-state index contributed by atoms with van der Waals surface area (Å²) in [4.78, 5) is 28.0. The van der Waals surface area contributed by atoms with E-state index >= 15 is 0 Å². The van der Waals surface area contributed by atoms with E-state index in [4.69, 9.17) is 16.3 Å². The number of ether oxygens (including phenoxy) is 1. The van der Waals surface area contributed by atoms with E-state index in [0.29, 0.717) is 42.5 Å². The minimum atomic E-state index is -0.357. The van der Waals surface area contributed by atoms with Gasteiger partial charge in [-0.1, -0.05) is 29.8 Å². The second-order valence-electron chi connectivity index (χ2n) is 5.93. The molecule has 3 rings (SSSR count). The minimum absolute atomic E-state index is 0.166. The third-order valence-corrected chi connectivity index (χ3v) is 4.64. The lowest BCUT2D eigenvalue weighted by atomic mass is 10.1. The van der Waals surface area contributed by atoms with Gasteiger partial charge in [0, 0.05) is 31.9 Å². The van der Waals surface area contributed by atoms with Gasteiger partial charge >= 0.3 is 12.0 Å². The van der Waals surface area contributed by atoms with Crippen LogP contribution in [-0.2, 0) is 4.74 Å². The van der Waals surface area contributed by atoms with Crippen LogP contribution in [0, 0.1) is 0 Å². The average molecular weight is 374 g/mol. The molecular formula is C19H20ClN3O3. The number of benzene rings is 2. The van der Waals surface area contributed by atoms with Crippen molar-refractivity contribution >= 4 is 35.0 Å². The molecule has 2 aromatic carbocycles. The van der Waals surface area contributed by atoms with Gasteiger partial charge in [-0.2, -0.15) is 0 Å². The fourth-order valence-electron chi connectivity index (χ4n) is 2.87. The molecule has 7 heteroatoms. The number of halogens is 1. The monoisotopic (exact) mass is 373 g/mol. The van der Waals surface area contributed by atoms with Gasteiger partial charge in [-0.3, -0.25) is 0 Å². The highest BCUT2D eigenvalue weighted by Crippen LogP contribution is 2.22. The highest BCUT2D eigenvalue weighted by atomic mass is 35.5.